The third kappa shape index (κ3) is 2.54. The second-order valence-corrected chi connectivity index (χ2v) is 5.73. The number of H-pyrrole nitrogens is 1. The Bertz CT molecular complexity index is 801. The lowest BCUT2D eigenvalue weighted by Gasteiger charge is -2.25. The van der Waals surface area contributed by atoms with Crippen LogP contribution in [0.2, 0.25) is 10.0 Å². The highest BCUT2D eigenvalue weighted by Gasteiger charge is 2.31. The minimum atomic E-state index is -0.435. The number of anilines is 1. The van der Waals surface area contributed by atoms with Crippen LogP contribution in [0.15, 0.2) is 23.0 Å². The number of halogens is 2. The van der Waals surface area contributed by atoms with Crippen molar-refractivity contribution in [1.29, 1.82) is 0 Å². The van der Waals surface area contributed by atoms with Gasteiger partial charge in [-0.1, -0.05) is 29.3 Å². The number of aromatic amines is 1. The van der Waals surface area contributed by atoms with Crippen LogP contribution in [0.5, 0.6) is 0 Å². The molecule has 0 fully saturated rings. The molecule has 1 amide bonds. The summed E-state index contributed by atoms with van der Waals surface area (Å²) in [7, 11) is 0. The number of nitrogens with one attached hydrogen (secondary N) is 2. The first kappa shape index (κ1) is 14.1. The first-order valence-electron chi connectivity index (χ1n) is 6.31. The molecule has 2 heterocycles. The Balaban J connectivity index is 2.22. The van der Waals surface area contributed by atoms with E-state index in [1.807, 2.05) is 0 Å². The third-order valence-electron chi connectivity index (χ3n) is 3.41. The Morgan fingerprint density at radius 1 is 1.29 bits per heavy atom. The minimum absolute atomic E-state index is 0.141. The summed E-state index contributed by atoms with van der Waals surface area (Å²) in [5, 5.41) is 3.56. The number of carbonyl (C=O) groups is 1. The molecule has 3 rings (SSSR count). The van der Waals surface area contributed by atoms with Crippen molar-refractivity contribution in [3.63, 3.8) is 0 Å². The molecule has 5 nitrogen and oxygen atoms in total. The number of aromatic nitrogens is 2. The number of rotatable bonds is 1. The zero-order valence-electron chi connectivity index (χ0n) is 11.0. The SMILES string of the molecule is Cc1nc2c(c(=O)[nH]1)C(c1ccc(Cl)cc1Cl)CC(=O)N2. The Labute approximate surface area is 130 Å². The third-order valence-corrected chi connectivity index (χ3v) is 3.97. The molecule has 21 heavy (non-hydrogen) atoms. The van der Waals surface area contributed by atoms with Crippen LogP contribution < -0.4 is 10.9 Å². The highest BCUT2D eigenvalue weighted by molar-refractivity contribution is 6.35. The minimum Gasteiger partial charge on any atom is -0.310 e. The molecule has 1 aliphatic rings. The molecule has 0 radical (unpaired) electrons. The summed E-state index contributed by atoms with van der Waals surface area (Å²) in [5.41, 5.74) is 0.839. The lowest BCUT2D eigenvalue weighted by atomic mass is 9.87. The Hall–Kier alpha value is -1.85. The van der Waals surface area contributed by atoms with Gasteiger partial charge in [0.1, 0.15) is 11.6 Å². The van der Waals surface area contributed by atoms with Crippen LogP contribution in [0.25, 0.3) is 0 Å². The van der Waals surface area contributed by atoms with Gasteiger partial charge in [0.05, 0.1) is 5.56 Å². The Morgan fingerprint density at radius 2 is 2.05 bits per heavy atom. The van der Waals surface area contributed by atoms with Crippen LogP contribution in [-0.4, -0.2) is 15.9 Å². The molecule has 0 saturated heterocycles. The van der Waals surface area contributed by atoms with Gasteiger partial charge in [-0.25, -0.2) is 4.98 Å². The first-order chi connectivity index (χ1) is 9.95. The number of aryl methyl sites for hydroxylation is 1. The van der Waals surface area contributed by atoms with Gasteiger partial charge >= 0.3 is 0 Å². The molecule has 0 spiro atoms. The fourth-order valence-electron chi connectivity index (χ4n) is 2.53. The van der Waals surface area contributed by atoms with Crippen molar-refractivity contribution >= 4 is 34.9 Å². The average Bonchev–Trinajstić information content (AvgIpc) is 2.36. The molecule has 1 atom stereocenters. The quantitative estimate of drug-likeness (QED) is 0.847. The van der Waals surface area contributed by atoms with Gasteiger partial charge in [0.15, 0.2) is 0 Å². The smallest absolute Gasteiger partial charge is 0.256 e. The summed E-state index contributed by atoms with van der Waals surface area (Å²) in [5.74, 6) is 0.108. The van der Waals surface area contributed by atoms with E-state index in [4.69, 9.17) is 23.2 Å². The lowest BCUT2D eigenvalue weighted by Crippen LogP contribution is -2.31. The number of hydrogen-bond donors (Lipinski definition) is 2. The molecule has 1 aromatic heterocycles. The molecule has 1 aromatic carbocycles. The topological polar surface area (TPSA) is 74.8 Å². The fraction of sp³-hybridized carbons (Fsp3) is 0.214. The largest absolute Gasteiger partial charge is 0.310 e. The molecule has 0 saturated carbocycles. The van der Waals surface area contributed by atoms with Gasteiger partial charge in [-0.05, 0) is 24.6 Å². The van der Waals surface area contributed by atoms with E-state index in [1.165, 1.54) is 0 Å². The second-order valence-electron chi connectivity index (χ2n) is 4.88. The van der Waals surface area contributed by atoms with E-state index >= 15 is 0 Å². The summed E-state index contributed by atoms with van der Waals surface area (Å²) >= 11 is 12.1. The van der Waals surface area contributed by atoms with Gasteiger partial charge in [-0.2, -0.15) is 0 Å². The fourth-order valence-corrected chi connectivity index (χ4v) is 3.07. The molecule has 7 heteroatoms. The second kappa shape index (κ2) is 5.16. The molecule has 1 unspecified atom stereocenters. The average molecular weight is 324 g/mol. The van der Waals surface area contributed by atoms with Crippen molar-refractivity contribution in [2.24, 2.45) is 0 Å². The first-order valence-corrected chi connectivity index (χ1v) is 7.07. The van der Waals surface area contributed by atoms with Crippen molar-refractivity contribution in [3.05, 3.63) is 55.5 Å². The van der Waals surface area contributed by atoms with Crippen LogP contribution in [0.4, 0.5) is 5.82 Å². The van der Waals surface area contributed by atoms with E-state index in [0.29, 0.717) is 32.8 Å². The number of amides is 1. The maximum absolute atomic E-state index is 12.2. The number of carbonyl (C=O) groups excluding carboxylic acids is 1. The Morgan fingerprint density at radius 3 is 2.76 bits per heavy atom. The van der Waals surface area contributed by atoms with Crippen molar-refractivity contribution in [3.8, 4) is 0 Å². The van der Waals surface area contributed by atoms with Crippen LogP contribution in [0, 0.1) is 6.92 Å². The predicted molar refractivity (Wildman–Crippen MR) is 81.1 cm³/mol. The van der Waals surface area contributed by atoms with Gasteiger partial charge in [0.2, 0.25) is 5.91 Å². The number of benzene rings is 1. The standard InChI is InChI=1S/C14H11Cl2N3O2/c1-6-17-13-12(14(21)18-6)9(5-11(20)19-13)8-3-2-7(15)4-10(8)16/h2-4,9H,5H2,1H3,(H2,17,18,19,20,21). The molecular formula is C14H11Cl2N3O2. The van der Waals surface area contributed by atoms with Crippen molar-refractivity contribution < 1.29 is 4.79 Å². The number of hydrogen-bond acceptors (Lipinski definition) is 3. The molecule has 1 aliphatic heterocycles. The van der Waals surface area contributed by atoms with Crippen LogP contribution in [0.3, 0.4) is 0 Å². The summed E-state index contributed by atoms with van der Waals surface area (Å²) < 4.78 is 0. The molecule has 0 bridgehead atoms. The Kier molecular flexibility index (Phi) is 3.47. The van der Waals surface area contributed by atoms with Gasteiger partial charge in [-0.15, -0.1) is 0 Å². The normalized spacial score (nSPS) is 17.3. The highest BCUT2D eigenvalue weighted by Crippen LogP contribution is 2.37. The van der Waals surface area contributed by atoms with E-state index in [1.54, 1.807) is 25.1 Å². The van der Waals surface area contributed by atoms with Gasteiger partial charge in [0, 0.05) is 22.4 Å². The van der Waals surface area contributed by atoms with Crippen LogP contribution in [-0.2, 0) is 4.79 Å². The van der Waals surface area contributed by atoms with Crippen molar-refractivity contribution in [1.82, 2.24) is 9.97 Å². The summed E-state index contributed by atoms with van der Waals surface area (Å²) in [4.78, 5) is 31.0. The summed E-state index contributed by atoms with van der Waals surface area (Å²) in [6.07, 6.45) is 0.141. The zero-order chi connectivity index (χ0) is 15.1. The molecule has 2 N–H and O–H groups in total. The molecule has 2 aromatic rings. The molecular weight excluding hydrogens is 313 g/mol. The van der Waals surface area contributed by atoms with E-state index < -0.39 is 5.92 Å². The summed E-state index contributed by atoms with van der Waals surface area (Å²) in [6.45, 7) is 1.66. The van der Waals surface area contributed by atoms with Crippen molar-refractivity contribution in [2.75, 3.05) is 5.32 Å². The van der Waals surface area contributed by atoms with E-state index in [0.717, 1.165) is 0 Å². The monoisotopic (exact) mass is 323 g/mol. The van der Waals surface area contributed by atoms with E-state index in [9.17, 15) is 9.59 Å². The number of fused-ring (bicyclic) bond motifs is 1. The maximum atomic E-state index is 12.2. The number of nitrogens with zero attached hydrogens (tertiary/aromatic N) is 1. The maximum Gasteiger partial charge on any atom is 0.256 e. The highest BCUT2D eigenvalue weighted by atomic mass is 35.5. The van der Waals surface area contributed by atoms with Gasteiger partial charge in [-0.3, -0.25) is 9.59 Å². The summed E-state index contributed by atoms with van der Waals surface area (Å²) in [6, 6.07) is 5.02. The predicted octanol–water partition coefficient (Wildman–Crippen LogP) is 2.86. The van der Waals surface area contributed by atoms with Gasteiger partial charge < -0.3 is 10.3 Å². The zero-order valence-corrected chi connectivity index (χ0v) is 12.5. The molecule has 0 aliphatic carbocycles. The van der Waals surface area contributed by atoms with Crippen LogP contribution >= 0.6 is 23.2 Å². The molecule has 108 valence electrons. The lowest BCUT2D eigenvalue weighted by molar-refractivity contribution is -0.116. The van der Waals surface area contributed by atoms with E-state index in [2.05, 4.69) is 15.3 Å². The van der Waals surface area contributed by atoms with Crippen molar-refractivity contribution in [2.45, 2.75) is 19.3 Å². The van der Waals surface area contributed by atoms with Crippen LogP contribution in [0.1, 0.15) is 29.3 Å². The van der Waals surface area contributed by atoms with E-state index in [-0.39, 0.29) is 17.9 Å². The van der Waals surface area contributed by atoms with Gasteiger partial charge in [0.25, 0.3) is 5.56 Å².